The Morgan fingerprint density at radius 3 is 3.00 bits per heavy atom. The van der Waals surface area contributed by atoms with Gasteiger partial charge in [0.15, 0.2) is 0 Å². The first-order valence-electron chi connectivity index (χ1n) is 5.02. The fourth-order valence-electron chi connectivity index (χ4n) is 1.51. The second-order valence-electron chi connectivity index (χ2n) is 3.38. The molecule has 16 heavy (non-hydrogen) atoms. The number of hydrogen-bond donors (Lipinski definition) is 0. The highest BCUT2D eigenvalue weighted by Gasteiger charge is 2.07. The number of hydrogen-bond acceptors (Lipinski definition) is 3. The fraction of sp³-hybridized carbons (Fsp3) is 0.250. The second kappa shape index (κ2) is 4.97. The van der Waals surface area contributed by atoms with Gasteiger partial charge in [-0.05, 0) is 36.6 Å². The van der Waals surface area contributed by atoms with Gasteiger partial charge in [-0.2, -0.15) is 0 Å². The Morgan fingerprint density at radius 2 is 2.25 bits per heavy atom. The molecule has 0 atom stereocenters. The van der Waals surface area contributed by atoms with Gasteiger partial charge >= 0.3 is 5.97 Å². The van der Waals surface area contributed by atoms with Gasteiger partial charge in [-0.25, -0.2) is 0 Å². The molecular formula is C12H11BrO2S. The smallest absolute Gasteiger partial charge is 0.311 e. The Balaban J connectivity index is 2.23. The molecule has 0 bridgehead atoms. The molecule has 0 radical (unpaired) electrons. The van der Waals surface area contributed by atoms with Crippen molar-refractivity contribution in [2.45, 2.75) is 13.3 Å². The van der Waals surface area contributed by atoms with Crippen LogP contribution < -0.4 is 0 Å². The number of ether oxygens (including phenoxy) is 1. The number of carbonyl (C=O) groups is 1. The van der Waals surface area contributed by atoms with Gasteiger partial charge < -0.3 is 4.74 Å². The van der Waals surface area contributed by atoms with Crippen LogP contribution in [-0.2, 0) is 16.0 Å². The minimum Gasteiger partial charge on any atom is -0.466 e. The summed E-state index contributed by atoms with van der Waals surface area (Å²) in [7, 11) is 0. The number of benzene rings is 1. The third kappa shape index (κ3) is 2.62. The van der Waals surface area contributed by atoms with E-state index in [9.17, 15) is 4.79 Å². The summed E-state index contributed by atoms with van der Waals surface area (Å²) in [5.41, 5.74) is 0. The number of fused-ring (bicyclic) bond motifs is 1. The first kappa shape index (κ1) is 11.6. The SMILES string of the molecule is CCOC(=O)Cc1cc2cc(Br)ccc2s1. The summed E-state index contributed by atoms with van der Waals surface area (Å²) in [6, 6.07) is 8.16. The fourth-order valence-corrected chi connectivity index (χ4v) is 2.92. The maximum absolute atomic E-state index is 11.3. The average Bonchev–Trinajstić information content (AvgIpc) is 2.59. The van der Waals surface area contributed by atoms with E-state index in [1.807, 2.05) is 19.1 Å². The first-order chi connectivity index (χ1) is 7.69. The predicted molar refractivity (Wildman–Crippen MR) is 69.9 cm³/mol. The van der Waals surface area contributed by atoms with Gasteiger partial charge in [0, 0.05) is 14.0 Å². The highest BCUT2D eigenvalue weighted by Crippen LogP contribution is 2.28. The van der Waals surface area contributed by atoms with Gasteiger partial charge in [-0.15, -0.1) is 11.3 Å². The van der Waals surface area contributed by atoms with Crippen molar-refractivity contribution in [2.24, 2.45) is 0 Å². The molecule has 1 heterocycles. The Hall–Kier alpha value is -0.870. The number of thiophene rings is 1. The molecular weight excluding hydrogens is 288 g/mol. The van der Waals surface area contributed by atoms with Crippen molar-refractivity contribution in [3.63, 3.8) is 0 Å². The molecule has 0 aliphatic rings. The van der Waals surface area contributed by atoms with Crippen molar-refractivity contribution >= 4 is 43.3 Å². The minimum atomic E-state index is -0.159. The van der Waals surface area contributed by atoms with Gasteiger partial charge in [0.1, 0.15) is 0 Å². The zero-order chi connectivity index (χ0) is 11.5. The van der Waals surface area contributed by atoms with Crippen LogP contribution in [0.15, 0.2) is 28.7 Å². The van der Waals surface area contributed by atoms with Crippen LogP contribution in [0.25, 0.3) is 10.1 Å². The molecule has 0 amide bonds. The molecule has 2 nitrogen and oxygen atoms in total. The summed E-state index contributed by atoms with van der Waals surface area (Å²) in [6.45, 7) is 2.26. The normalized spacial score (nSPS) is 10.6. The molecule has 0 saturated carbocycles. The lowest BCUT2D eigenvalue weighted by Gasteiger charge is -1.97. The van der Waals surface area contributed by atoms with E-state index in [-0.39, 0.29) is 5.97 Å². The first-order valence-corrected chi connectivity index (χ1v) is 6.63. The molecule has 2 rings (SSSR count). The molecule has 0 unspecified atom stereocenters. The van der Waals surface area contributed by atoms with E-state index in [1.54, 1.807) is 11.3 Å². The van der Waals surface area contributed by atoms with Crippen LogP contribution in [-0.4, -0.2) is 12.6 Å². The van der Waals surface area contributed by atoms with Gasteiger partial charge in [0.2, 0.25) is 0 Å². The maximum atomic E-state index is 11.3. The monoisotopic (exact) mass is 298 g/mol. The predicted octanol–water partition coefficient (Wildman–Crippen LogP) is 3.77. The topological polar surface area (TPSA) is 26.3 Å². The lowest BCUT2D eigenvalue weighted by Crippen LogP contribution is -2.05. The number of esters is 1. The number of rotatable bonds is 3. The molecule has 1 aromatic heterocycles. The van der Waals surface area contributed by atoms with Crippen LogP contribution in [0.2, 0.25) is 0 Å². The molecule has 2 aromatic rings. The van der Waals surface area contributed by atoms with Crippen LogP contribution in [0.5, 0.6) is 0 Å². The minimum absolute atomic E-state index is 0.159. The van der Waals surface area contributed by atoms with Crippen LogP contribution in [0.1, 0.15) is 11.8 Å². The molecule has 0 N–H and O–H groups in total. The largest absolute Gasteiger partial charge is 0.466 e. The van der Waals surface area contributed by atoms with Crippen molar-refractivity contribution in [2.75, 3.05) is 6.61 Å². The summed E-state index contributed by atoms with van der Waals surface area (Å²) >= 11 is 5.07. The third-order valence-corrected chi connectivity index (χ3v) is 3.76. The van der Waals surface area contributed by atoms with E-state index in [0.717, 1.165) is 9.35 Å². The standard InChI is InChI=1S/C12H11BrO2S/c1-2-15-12(14)7-10-6-8-5-9(13)3-4-11(8)16-10/h3-6H,2,7H2,1H3. The Labute approximate surface area is 106 Å². The summed E-state index contributed by atoms with van der Waals surface area (Å²) < 4.78 is 7.18. The van der Waals surface area contributed by atoms with Gasteiger partial charge in [0.25, 0.3) is 0 Å². The van der Waals surface area contributed by atoms with E-state index in [0.29, 0.717) is 13.0 Å². The van der Waals surface area contributed by atoms with Crippen LogP contribution >= 0.6 is 27.3 Å². The van der Waals surface area contributed by atoms with Crippen LogP contribution in [0.3, 0.4) is 0 Å². The lowest BCUT2D eigenvalue weighted by molar-refractivity contribution is -0.142. The Bertz CT molecular complexity index is 519. The summed E-state index contributed by atoms with van der Waals surface area (Å²) in [5.74, 6) is -0.159. The zero-order valence-electron chi connectivity index (χ0n) is 8.83. The van der Waals surface area contributed by atoms with E-state index in [4.69, 9.17) is 4.74 Å². The van der Waals surface area contributed by atoms with Crippen molar-refractivity contribution in [1.29, 1.82) is 0 Å². The molecule has 0 fully saturated rings. The van der Waals surface area contributed by atoms with Crippen LogP contribution in [0.4, 0.5) is 0 Å². The Morgan fingerprint density at radius 1 is 1.44 bits per heavy atom. The van der Waals surface area contributed by atoms with Crippen molar-refractivity contribution in [1.82, 2.24) is 0 Å². The van der Waals surface area contributed by atoms with E-state index >= 15 is 0 Å². The van der Waals surface area contributed by atoms with Crippen molar-refractivity contribution in [3.05, 3.63) is 33.6 Å². The van der Waals surface area contributed by atoms with Crippen molar-refractivity contribution in [3.8, 4) is 0 Å². The van der Waals surface area contributed by atoms with E-state index < -0.39 is 0 Å². The molecule has 0 aliphatic carbocycles. The van der Waals surface area contributed by atoms with E-state index in [1.165, 1.54) is 10.1 Å². The highest BCUT2D eigenvalue weighted by atomic mass is 79.9. The third-order valence-electron chi connectivity index (χ3n) is 2.15. The Kier molecular flexibility index (Phi) is 3.61. The quantitative estimate of drug-likeness (QED) is 0.806. The highest BCUT2D eigenvalue weighted by molar-refractivity contribution is 9.10. The van der Waals surface area contributed by atoms with Crippen molar-refractivity contribution < 1.29 is 9.53 Å². The molecule has 4 heteroatoms. The summed E-state index contributed by atoms with van der Waals surface area (Å²) in [4.78, 5) is 12.4. The summed E-state index contributed by atoms with van der Waals surface area (Å²) in [6.07, 6.45) is 0.366. The summed E-state index contributed by atoms with van der Waals surface area (Å²) in [5, 5.41) is 1.17. The number of carbonyl (C=O) groups excluding carboxylic acids is 1. The maximum Gasteiger partial charge on any atom is 0.311 e. The van der Waals surface area contributed by atoms with Gasteiger partial charge in [-0.3, -0.25) is 4.79 Å². The van der Waals surface area contributed by atoms with Gasteiger partial charge in [0.05, 0.1) is 13.0 Å². The second-order valence-corrected chi connectivity index (χ2v) is 5.46. The number of halogens is 1. The zero-order valence-corrected chi connectivity index (χ0v) is 11.2. The molecule has 0 saturated heterocycles. The molecule has 0 spiro atoms. The van der Waals surface area contributed by atoms with Gasteiger partial charge in [-0.1, -0.05) is 15.9 Å². The lowest BCUT2D eigenvalue weighted by atomic mass is 10.2. The average molecular weight is 299 g/mol. The molecule has 1 aromatic carbocycles. The molecule has 0 aliphatic heterocycles. The van der Waals surface area contributed by atoms with E-state index in [2.05, 4.69) is 28.1 Å². The van der Waals surface area contributed by atoms with Crippen LogP contribution in [0, 0.1) is 0 Å². The molecule has 84 valence electrons.